The Bertz CT molecular complexity index is 1200. The molecular weight excluding hydrogens is 432 g/mol. The molecule has 0 N–H and O–H groups in total. The number of hydrogen-bond donors (Lipinski definition) is 0. The molecule has 0 fully saturated rings. The maximum Gasteiger partial charge on any atom is 0.417 e. The van der Waals surface area contributed by atoms with E-state index in [9.17, 15) is 26.4 Å². The molecule has 2 aromatic carbocycles. The molecule has 0 amide bonds. The van der Waals surface area contributed by atoms with Gasteiger partial charge >= 0.3 is 21.9 Å². The smallest absolute Gasteiger partial charge is 0.417 e. The van der Waals surface area contributed by atoms with E-state index in [0.29, 0.717) is 6.07 Å². The largest absolute Gasteiger partial charge is 0.423 e. The zero-order chi connectivity index (χ0) is 20.0. The van der Waals surface area contributed by atoms with Crippen molar-refractivity contribution in [2.45, 2.75) is 11.1 Å². The lowest BCUT2D eigenvalue weighted by Crippen LogP contribution is -2.12. The first-order valence-corrected chi connectivity index (χ1v) is 9.18. The molecule has 0 radical (unpaired) electrons. The van der Waals surface area contributed by atoms with Crippen molar-refractivity contribution in [2.75, 3.05) is 0 Å². The molecular formula is C16H7Cl2F3O5S. The summed E-state index contributed by atoms with van der Waals surface area (Å²) in [5, 5.41) is -0.500. The topological polar surface area (TPSA) is 73.6 Å². The highest BCUT2D eigenvalue weighted by Gasteiger charge is 2.34. The third-order valence-electron chi connectivity index (χ3n) is 3.39. The predicted octanol–water partition coefficient (Wildman–Crippen LogP) is 4.89. The first-order valence-electron chi connectivity index (χ1n) is 7.02. The van der Waals surface area contributed by atoms with Gasteiger partial charge in [-0.1, -0.05) is 23.2 Å². The monoisotopic (exact) mass is 438 g/mol. The Morgan fingerprint density at radius 3 is 2.37 bits per heavy atom. The van der Waals surface area contributed by atoms with Gasteiger partial charge in [-0.25, -0.2) is 4.79 Å². The summed E-state index contributed by atoms with van der Waals surface area (Å²) < 4.78 is 73.5. The van der Waals surface area contributed by atoms with Crippen molar-refractivity contribution in [1.29, 1.82) is 0 Å². The van der Waals surface area contributed by atoms with Gasteiger partial charge in [-0.15, -0.1) is 0 Å². The van der Waals surface area contributed by atoms with Gasteiger partial charge in [-0.05, 0) is 30.3 Å². The highest BCUT2D eigenvalue weighted by molar-refractivity contribution is 7.87. The van der Waals surface area contributed by atoms with Crippen LogP contribution in [0.25, 0.3) is 11.0 Å². The maximum atomic E-state index is 13.0. The van der Waals surface area contributed by atoms with Crippen molar-refractivity contribution in [2.24, 2.45) is 0 Å². The van der Waals surface area contributed by atoms with Crippen LogP contribution in [0, 0.1) is 0 Å². The van der Waals surface area contributed by atoms with E-state index < -0.39 is 43.3 Å². The number of hydrogen-bond acceptors (Lipinski definition) is 5. The highest BCUT2D eigenvalue weighted by Crippen LogP contribution is 2.35. The van der Waals surface area contributed by atoms with Crippen LogP contribution in [0.5, 0.6) is 5.75 Å². The summed E-state index contributed by atoms with van der Waals surface area (Å²) in [6.07, 6.45) is -4.79. The first kappa shape index (κ1) is 19.5. The van der Waals surface area contributed by atoms with Gasteiger partial charge in [0, 0.05) is 22.5 Å². The molecule has 0 bridgehead atoms. The van der Waals surface area contributed by atoms with E-state index in [4.69, 9.17) is 31.8 Å². The van der Waals surface area contributed by atoms with E-state index in [-0.39, 0.29) is 15.8 Å². The summed E-state index contributed by atoms with van der Waals surface area (Å²) in [5.41, 5.74) is -2.94. The van der Waals surface area contributed by atoms with E-state index in [2.05, 4.69) is 0 Å². The van der Waals surface area contributed by atoms with Gasteiger partial charge in [0.15, 0.2) is 0 Å². The fourth-order valence-corrected chi connectivity index (χ4v) is 3.93. The standard InChI is InChI=1S/C16H7Cl2F3O5S/c17-8-1-4-12(18)14(5-8)27(23,24)26-9-2-3-10-11(16(19,20)21)7-15(22)25-13(10)6-9/h1-7H. The molecule has 1 heterocycles. The summed E-state index contributed by atoms with van der Waals surface area (Å²) >= 11 is 11.6. The summed E-state index contributed by atoms with van der Waals surface area (Å²) in [4.78, 5) is 11.0. The predicted molar refractivity (Wildman–Crippen MR) is 91.8 cm³/mol. The first-order chi connectivity index (χ1) is 12.5. The fourth-order valence-electron chi connectivity index (χ4n) is 2.27. The molecule has 0 aliphatic heterocycles. The van der Waals surface area contributed by atoms with Gasteiger partial charge < -0.3 is 8.60 Å². The number of alkyl halides is 3. The number of halogens is 5. The van der Waals surface area contributed by atoms with Crippen LogP contribution < -0.4 is 9.81 Å². The van der Waals surface area contributed by atoms with Gasteiger partial charge in [-0.2, -0.15) is 21.6 Å². The van der Waals surface area contributed by atoms with Crippen molar-refractivity contribution >= 4 is 44.3 Å². The molecule has 0 spiro atoms. The SMILES string of the molecule is O=c1cc(C(F)(F)F)c2ccc(OS(=O)(=O)c3cc(Cl)ccc3Cl)cc2o1. The number of rotatable bonds is 3. The van der Waals surface area contributed by atoms with Crippen LogP contribution in [-0.2, 0) is 16.3 Å². The van der Waals surface area contributed by atoms with Crippen LogP contribution in [0.15, 0.2) is 56.6 Å². The van der Waals surface area contributed by atoms with Crippen molar-refractivity contribution in [3.8, 4) is 5.75 Å². The van der Waals surface area contributed by atoms with E-state index in [1.165, 1.54) is 12.1 Å². The quantitative estimate of drug-likeness (QED) is 0.430. The van der Waals surface area contributed by atoms with E-state index >= 15 is 0 Å². The molecule has 27 heavy (non-hydrogen) atoms. The van der Waals surface area contributed by atoms with Crippen LogP contribution >= 0.6 is 23.2 Å². The minimum atomic E-state index is -4.79. The van der Waals surface area contributed by atoms with Gasteiger partial charge in [0.25, 0.3) is 0 Å². The Labute approximate surface area is 160 Å². The van der Waals surface area contributed by atoms with E-state index in [1.807, 2.05) is 0 Å². The van der Waals surface area contributed by atoms with Crippen LogP contribution in [0.4, 0.5) is 13.2 Å². The summed E-state index contributed by atoms with van der Waals surface area (Å²) in [7, 11) is -4.44. The zero-order valence-corrected chi connectivity index (χ0v) is 15.2. The molecule has 0 aliphatic carbocycles. The van der Waals surface area contributed by atoms with Crippen molar-refractivity contribution in [1.82, 2.24) is 0 Å². The van der Waals surface area contributed by atoms with Gasteiger partial charge in [0.1, 0.15) is 16.2 Å². The second kappa shape index (κ2) is 6.74. The number of fused-ring (bicyclic) bond motifs is 1. The molecule has 0 saturated carbocycles. The Morgan fingerprint density at radius 1 is 1.00 bits per heavy atom. The Kier molecular flexibility index (Phi) is 4.87. The second-order valence-electron chi connectivity index (χ2n) is 5.25. The van der Waals surface area contributed by atoms with Gasteiger partial charge in [-0.3, -0.25) is 0 Å². The van der Waals surface area contributed by atoms with Crippen molar-refractivity contribution in [3.63, 3.8) is 0 Å². The molecule has 5 nitrogen and oxygen atoms in total. The van der Waals surface area contributed by atoms with Crippen molar-refractivity contribution in [3.05, 3.63) is 68.5 Å². The lowest BCUT2D eigenvalue weighted by Gasteiger charge is -2.11. The molecule has 0 unspecified atom stereocenters. The summed E-state index contributed by atoms with van der Waals surface area (Å²) in [5.74, 6) is -0.374. The van der Waals surface area contributed by atoms with Crippen LogP contribution in [-0.4, -0.2) is 8.42 Å². The Balaban J connectivity index is 2.08. The molecule has 1 aromatic heterocycles. The van der Waals surface area contributed by atoms with Crippen LogP contribution in [0.3, 0.4) is 0 Å². The van der Waals surface area contributed by atoms with Gasteiger partial charge in [0.05, 0.1) is 10.6 Å². The minimum Gasteiger partial charge on any atom is -0.423 e. The molecule has 142 valence electrons. The third-order valence-corrected chi connectivity index (χ3v) is 5.35. The molecule has 3 rings (SSSR count). The van der Waals surface area contributed by atoms with E-state index in [0.717, 1.165) is 24.3 Å². The maximum absolute atomic E-state index is 13.0. The molecule has 11 heteroatoms. The average Bonchev–Trinajstić information content (AvgIpc) is 2.54. The average molecular weight is 439 g/mol. The second-order valence-corrected chi connectivity index (χ2v) is 7.61. The minimum absolute atomic E-state index is 0.0842. The van der Waals surface area contributed by atoms with Gasteiger partial charge in [0.2, 0.25) is 0 Å². The van der Waals surface area contributed by atoms with Crippen molar-refractivity contribution < 1.29 is 30.2 Å². The number of benzene rings is 2. The summed E-state index contributed by atoms with van der Waals surface area (Å²) in [6.45, 7) is 0. The van der Waals surface area contributed by atoms with Crippen LogP contribution in [0.2, 0.25) is 10.0 Å². The molecule has 0 atom stereocenters. The zero-order valence-electron chi connectivity index (χ0n) is 12.9. The third kappa shape index (κ3) is 4.05. The fraction of sp³-hybridized carbons (Fsp3) is 0.0625. The van der Waals surface area contributed by atoms with Crippen LogP contribution in [0.1, 0.15) is 5.56 Å². The normalized spacial score (nSPS) is 12.3. The Hall–Kier alpha value is -2.23. The lowest BCUT2D eigenvalue weighted by atomic mass is 10.1. The molecule has 0 aliphatic rings. The lowest BCUT2D eigenvalue weighted by molar-refractivity contribution is -0.136. The summed E-state index contributed by atoms with van der Waals surface area (Å²) in [6, 6.07) is 6.77. The Morgan fingerprint density at radius 2 is 1.70 bits per heavy atom. The molecule has 3 aromatic rings. The highest BCUT2D eigenvalue weighted by atomic mass is 35.5. The molecule has 0 saturated heterocycles. The van der Waals surface area contributed by atoms with E-state index in [1.54, 1.807) is 0 Å².